The first-order valence-corrected chi connectivity index (χ1v) is 25.6. The zero-order valence-corrected chi connectivity index (χ0v) is 45.8. The van der Waals surface area contributed by atoms with Gasteiger partial charge in [0.1, 0.15) is 0 Å². The van der Waals surface area contributed by atoms with E-state index in [4.69, 9.17) is 24.7 Å². The van der Waals surface area contributed by atoms with Crippen molar-refractivity contribution >= 4 is 76.9 Å². The molecule has 6 aromatic carbocycles. The predicted molar refractivity (Wildman–Crippen MR) is 296 cm³/mol. The van der Waals surface area contributed by atoms with E-state index in [-0.39, 0.29) is 32.7 Å². The average molecular weight is 1120 g/mol. The number of rotatable bonds is 5. The number of benzene rings is 6. The Morgan fingerprint density at radius 1 is 0.528 bits per heavy atom. The Hall–Kier alpha value is -6.38. The number of aliphatic imine (C=N–C) groups is 1. The molecule has 8 bridgehead atoms. The van der Waals surface area contributed by atoms with Crippen molar-refractivity contribution in [2.45, 2.75) is 78.6 Å². The molecule has 72 heavy (non-hydrogen) atoms. The van der Waals surface area contributed by atoms with E-state index in [0.717, 1.165) is 81.5 Å². The number of esters is 1. The number of hydrogen-bond acceptors (Lipinski definition) is 4. The van der Waals surface area contributed by atoms with Crippen LogP contribution in [0.2, 0.25) is 0 Å². The molecule has 5 heterocycles. The van der Waals surface area contributed by atoms with E-state index in [1.54, 1.807) is 12.1 Å². The van der Waals surface area contributed by atoms with E-state index >= 15 is 0 Å². The van der Waals surface area contributed by atoms with Gasteiger partial charge in [-0.1, -0.05) is 221 Å². The maximum Gasteiger partial charge on any atom is 2.00 e. The van der Waals surface area contributed by atoms with Gasteiger partial charge in [-0.25, -0.2) is 14.8 Å². The summed E-state index contributed by atoms with van der Waals surface area (Å²) in [5.41, 5.74) is 13.1. The molecule has 0 unspecified atom stereocenters. The van der Waals surface area contributed by atoms with Crippen molar-refractivity contribution in [1.82, 2.24) is 9.97 Å². The summed E-state index contributed by atoms with van der Waals surface area (Å²) in [6, 6.07) is 47.9. The summed E-state index contributed by atoms with van der Waals surface area (Å²) in [6.45, 7) is 20.0. The number of hydrogen-bond donors (Lipinski definition) is 0. The molecule has 0 radical (unpaired) electrons. The van der Waals surface area contributed by atoms with Crippen LogP contribution in [0, 0.1) is 10.6 Å². The van der Waals surface area contributed by atoms with Gasteiger partial charge in [-0.05, 0) is 107 Å². The number of nitrogens with zero attached hydrogens (tertiary/aromatic N) is 4. The first-order valence-electron chi connectivity index (χ1n) is 24.1. The summed E-state index contributed by atoms with van der Waals surface area (Å²) in [5, 5.41) is 4.94. The maximum atomic E-state index is 14.6. The summed E-state index contributed by atoms with van der Waals surface area (Å²) in [4.78, 5) is 36.9. The van der Waals surface area contributed by atoms with Crippen LogP contribution in [0.25, 0.3) is 44.5 Å². The van der Waals surface area contributed by atoms with E-state index in [9.17, 15) is 4.79 Å². The van der Waals surface area contributed by atoms with Crippen molar-refractivity contribution in [3.63, 3.8) is 0 Å². The van der Waals surface area contributed by atoms with Crippen LogP contribution in [0.3, 0.4) is 0 Å². The van der Waals surface area contributed by atoms with Crippen LogP contribution in [0.4, 0.5) is 0 Å². The number of ether oxygens (including phenoxy) is 1. The van der Waals surface area contributed by atoms with Crippen molar-refractivity contribution in [3.8, 4) is 11.1 Å². The molecule has 6 nitrogen and oxygen atoms in total. The first-order chi connectivity index (χ1) is 33.8. The van der Waals surface area contributed by atoms with Gasteiger partial charge in [0.25, 0.3) is 0 Å². The maximum absolute atomic E-state index is 14.6. The van der Waals surface area contributed by atoms with Crippen molar-refractivity contribution < 1.29 is 26.0 Å². The summed E-state index contributed by atoms with van der Waals surface area (Å²) in [6.07, 6.45) is 4.18. The standard InChI is InChI=1S/C63H52Br2N4O2.Ni/c1-61(2,3)39-24-20-36(21-25-39)49-44-30-32-46(66-44)50(37-22-26-40(27-23-37)62(4,5)6)56-53(64)54(65)57(69-56)58-59(71-60(70)38-18-14-11-15-19-38)52-48(35-16-12-10-13-17-35)43-34-41(63(7,8)9)28-29-42(43)51(55(52)68-58)47-33-31-45(49)67-47;/h10-34H,1-9H3;/q-2;+2. The van der Waals surface area contributed by atoms with Crippen LogP contribution in [0.15, 0.2) is 176 Å². The molecule has 0 atom stereocenters. The molecule has 8 aromatic rings. The second kappa shape index (κ2) is 18.3. The number of carbonyl (C=O) groups is 1. The van der Waals surface area contributed by atoms with Gasteiger partial charge in [-0.3, -0.25) is 0 Å². The molecule has 0 spiro atoms. The predicted octanol–water partition coefficient (Wildman–Crippen LogP) is 14.4. The van der Waals surface area contributed by atoms with Gasteiger partial charge in [0.05, 0.1) is 33.6 Å². The van der Waals surface area contributed by atoms with Crippen molar-refractivity contribution in [1.29, 1.82) is 0 Å². The van der Waals surface area contributed by atoms with Crippen LogP contribution in [-0.2, 0) is 37.5 Å². The van der Waals surface area contributed by atoms with Crippen LogP contribution in [-0.4, -0.2) is 11.7 Å². The van der Waals surface area contributed by atoms with Gasteiger partial charge >= 0.3 is 22.5 Å². The van der Waals surface area contributed by atoms with Gasteiger partial charge in [-0.2, -0.15) is 0 Å². The minimum atomic E-state index is -0.508. The molecular formula is C63H52Br2N4NiO2. The van der Waals surface area contributed by atoms with Gasteiger partial charge in [0.15, 0.2) is 5.76 Å². The van der Waals surface area contributed by atoms with E-state index in [1.807, 2.05) is 36.4 Å². The molecule has 3 aliphatic rings. The van der Waals surface area contributed by atoms with E-state index in [2.05, 4.69) is 197 Å². The molecule has 2 aromatic heterocycles. The fraction of sp³-hybridized carbons (Fsp3) is 0.190. The van der Waals surface area contributed by atoms with Crippen LogP contribution in [0.1, 0.15) is 117 Å². The molecule has 0 saturated heterocycles. The van der Waals surface area contributed by atoms with E-state index in [1.165, 1.54) is 11.1 Å². The molecular weight excluding hydrogens is 1060 g/mol. The summed E-state index contributed by atoms with van der Waals surface area (Å²) in [7, 11) is 0. The van der Waals surface area contributed by atoms with Crippen molar-refractivity contribution in [2.24, 2.45) is 9.98 Å². The quantitative estimate of drug-likeness (QED) is 0.127. The SMILES string of the molecule is CC(C)(C)c1ccc(C2=C3C=CC(=N3)C(c3ccc(C(C)(C)C)cc3)=c3ccc([n-]3)=c3c4c(c(-c5ccccc5)c5cc(C(C)(C)C)ccc35)C(OC(=O)c3ccccc3)=C(N=4)c3[n-]c2c(Br)c3Br)cc1.[Ni+2]. The normalized spacial score (nSPS) is 14.3. The summed E-state index contributed by atoms with van der Waals surface area (Å²) >= 11 is 8.06. The molecule has 360 valence electrons. The van der Waals surface area contributed by atoms with Crippen molar-refractivity contribution in [3.05, 3.63) is 238 Å². The Balaban J connectivity index is 0.00000596. The number of halogens is 2. The van der Waals surface area contributed by atoms with E-state index < -0.39 is 5.97 Å². The first kappa shape index (κ1) is 49.2. The molecule has 0 fully saturated rings. The topological polar surface area (TPSA) is 79.2 Å². The Bertz CT molecular complexity index is 3900. The smallest absolute Gasteiger partial charge is 0.657 e. The number of fused-ring (bicyclic) bond motifs is 9. The molecule has 11 rings (SSSR count). The largest absolute Gasteiger partial charge is 2.00 e. The minimum absolute atomic E-state index is 0. The van der Waals surface area contributed by atoms with Crippen LogP contribution < -0.4 is 20.7 Å². The Morgan fingerprint density at radius 3 is 1.69 bits per heavy atom. The van der Waals surface area contributed by atoms with Gasteiger partial charge in [0, 0.05) is 14.5 Å². The van der Waals surface area contributed by atoms with Gasteiger partial charge in [-0.15, -0.1) is 16.4 Å². The average Bonchev–Trinajstić information content (AvgIpc) is 4.16. The third-order valence-corrected chi connectivity index (χ3v) is 15.8. The number of aromatic nitrogens is 2. The minimum Gasteiger partial charge on any atom is -0.657 e. The summed E-state index contributed by atoms with van der Waals surface area (Å²) in [5.74, 6) is -0.198. The molecule has 0 amide bonds. The van der Waals surface area contributed by atoms with Crippen molar-refractivity contribution in [2.75, 3.05) is 0 Å². The fourth-order valence-electron chi connectivity index (χ4n) is 9.83. The van der Waals surface area contributed by atoms with Crippen LogP contribution >= 0.6 is 31.9 Å². The molecule has 0 N–H and O–H groups in total. The molecule has 0 aliphatic carbocycles. The monoisotopic (exact) mass is 1110 g/mol. The van der Waals surface area contributed by atoms with Crippen LogP contribution in [0.5, 0.6) is 0 Å². The Kier molecular flexibility index (Phi) is 12.5. The second-order valence-electron chi connectivity index (χ2n) is 21.7. The molecule has 9 heteroatoms. The molecule has 3 aliphatic heterocycles. The number of allylic oxidation sites excluding steroid dienone is 2. The zero-order valence-electron chi connectivity index (χ0n) is 41.6. The molecule has 0 saturated carbocycles. The van der Waals surface area contributed by atoms with Gasteiger partial charge < -0.3 is 14.7 Å². The summed E-state index contributed by atoms with van der Waals surface area (Å²) < 4.78 is 8.19. The fourth-order valence-corrected chi connectivity index (χ4v) is 10.8. The zero-order chi connectivity index (χ0) is 49.7. The Morgan fingerprint density at radius 2 is 1.08 bits per heavy atom. The number of carbonyl (C=O) groups excluding carboxylic acids is 1. The Labute approximate surface area is 447 Å². The van der Waals surface area contributed by atoms with Gasteiger partial charge in [0.2, 0.25) is 0 Å². The third kappa shape index (κ3) is 8.57. The second-order valence-corrected chi connectivity index (χ2v) is 23.3. The third-order valence-electron chi connectivity index (χ3n) is 13.8. The van der Waals surface area contributed by atoms with E-state index in [0.29, 0.717) is 43.8 Å².